The Balaban J connectivity index is 4.55. The molecule has 0 bridgehead atoms. The van der Waals surface area contributed by atoms with Crippen LogP contribution in [0.4, 0.5) is 0 Å². The molecular weight excluding hydrogens is 172 g/mol. The van der Waals surface area contributed by atoms with E-state index < -0.39 is 5.91 Å². The van der Waals surface area contributed by atoms with Crippen molar-refractivity contribution in [1.29, 1.82) is 5.41 Å². The van der Waals surface area contributed by atoms with E-state index in [1.54, 1.807) is 7.05 Å². The zero-order valence-electron chi connectivity index (χ0n) is 7.47. The Morgan fingerprint density at radius 2 is 2.00 bits per heavy atom. The molecule has 0 aromatic heterocycles. The summed E-state index contributed by atoms with van der Waals surface area (Å²) in [6.07, 6.45) is 1.76. The summed E-state index contributed by atoms with van der Waals surface area (Å²) in [5, 5.41) is 14.4. The number of hydrogen-bond donors (Lipinski definition) is 4. The molecule has 0 aliphatic rings. The maximum Gasteiger partial charge on any atom is 0.271 e. The molecule has 0 heterocycles. The van der Waals surface area contributed by atoms with Crippen molar-refractivity contribution < 1.29 is 9.59 Å². The van der Waals surface area contributed by atoms with Crippen LogP contribution in [0, 0.1) is 5.41 Å². The van der Waals surface area contributed by atoms with Gasteiger partial charge in [0, 0.05) is 20.3 Å². The highest BCUT2D eigenvalue weighted by Crippen LogP contribution is 1.89. The number of hydrogen-bond acceptors (Lipinski definition) is 4. The smallest absolute Gasteiger partial charge is 0.271 e. The van der Waals surface area contributed by atoms with Gasteiger partial charge in [-0.05, 0) is 0 Å². The Hall–Kier alpha value is -1.85. The summed E-state index contributed by atoms with van der Waals surface area (Å²) in [5.41, 5.74) is -0.180. The first-order valence-corrected chi connectivity index (χ1v) is 3.56. The van der Waals surface area contributed by atoms with Gasteiger partial charge in [-0.1, -0.05) is 0 Å². The van der Waals surface area contributed by atoms with E-state index in [0.717, 1.165) is 0 Å². The number of carbonyl (C=O) groups excluding carboxylic acids is 2. The first kappa shape index (κ1) is 11.2. The molecule has 0 aliphatic carbocycles. The van der Waals surface area contributed by atoms with E-state index in [9.17, 15) is 9.59 Å². The lowest BCUT2D eigenvalue weighted by atomic mass is 10.2. The third-order valence-electron chi connectivity index (χ3n) is 1.23. The molecule has 0 radical (unpaired) electrons. The fourth-order valence-electron chi connectivity index (χ4n) is 0.641. The Labute approximate surface area is 75.9 Å². The topological polar surface area (TPSA) is 94.1 Å². The third kappa shape index (κ3) is 3.37. The zero-order valence-corrected chi connectivity index (χ0v) is 7.47. The fraction of sp³-hybridized carbons (Fsp3) is 0.286. The Morgan fingerprint density at radius 1 is 1.38 bits per heavy atom. The van der Waals surface area contributed by atoms with E-state index in [1.807, 2.05) is 0 Å². The van der Waals surface area contributed by atoms with Gasteiger partial charge < -0.3 is 16.0 Å². The number of carbonyl (C=O) groups is 2. The SMILES string of the molecule is CN/C=C(/NC=O)C(=N)C(=O)NC. The van der Waals surface area contributed by atoms with Gasteiger partial charge in [0.1, 0.15) is 5.71 Å². The van der Waals surface area contributed by atoms with Crippen LogP contribution in [0.2, 0.25) is 0 Å². The van der Waals surface area contributed by atoms with Crippen LogP contribution in [-0.4, -0.2) is 32.1 Å². The van der Waals surface area contributed by atoms with Crippen molar-refractivity contribution in [2.24, 2.45) is 0 Å². The van der Waals surface area contributed by atoms with Gasteiger partial charge in [-0.3, -0.25) is 15.0 Å². The summed E-state index contributed by atoms with van der Waals surface area (Å²) in [6, 6.07) is 0. The van der Waals surface area contributed by atoms with E-state index in [-0.39, 0.29) is 11.4 Å². The molecule has 13 heavy (non-hydrogen) atoms. The molecule has 0 aromatic rings. The first-order chi connectivity index (χ1) is 6.17. The minimum atomic E-state index is -0.559. The monoisotopic (exact) mass is 184 g/mol. The van der Waals surface area contributed by atoms with Crippen LogP contribution in [0.1, 0.15) is 0 Å². The predicted octanol–water partition coefficient (Wildman–Crippen LogP) is -1.44. The van der Waals surface area contributed by atoms with Crippen molar-refractivity contribution in [2.75, 3.05) is 14.1 Å². The van der Waals surface area contributed by atoms with Gasteiger partial charge >= 0.3 is 0 Å². The van der Waals surface area contributed by atoms with Gasteiger partial charge in [-0.2, -0.15) is 0 Å². The highest BCUT2D eigenvalue weighted by atomic mass is 16.2. The molecule has 0 fully saturated rings. The van der Waals surface area contributed by atoms with Crippen LogP contribution < -0.4 is 16.0 Å². The van der Waals surface area contributed by atoms with Crippen LogP contribution in [0.3, 0.4) is 0 Å². The predicted molar refractivity (Wildman–Crippen MR) is 48.1 cm³/mol. The maximum absolute atomic E-state index is 10.9. The standard InChI is InChI=1S/C7H12N4O2/c1-9-3-5(11-4-12)6(8)7(13)10-2/h3-4,8-9H,1-2H3,(H,10,13)(H,11,12)/b5-3+,8-6?. The Morgan fingerprint density at radius 3 is 2.38 bits per heavy atom. The summed E-state index contributed by atoms with van der Waals surface area (Å²) in [5.74, 6) is -0.559. The van der Waals surface area contributed by atoms with E-state index in [1.165, 1.54) is 13.2 Å². The summed E-state index contributed by atoms with van der Waals surface area (Å²) < 4.78 is 0. The van der Waals surface area contributed by atoms with Crippen LogP contribution >= 0.6 is 0 Å². The molecule has 0 unspecified atom stereocenters. The Kier molecular flexibility index (Phi) is 4.94. The van der Waals surface area contributed by atoms with Crippen molar-refractivity contribution in [1.82, 2.24) is 16.0 Å². The van der Waals surface area contributed by atoms with Crippen molar-refractivity contribution in [3.8, 4) is 0 Å². The first-order valence-electron chi connectivity index (χ1n) is 3.56. The quantitative estimate of drug-likeness (QED) is 0.311. The summed E-state index contributed by atoms with van der Waals surface area (Å²) in [4.78, 5) is 21.0. The summed E-state index contributed by atoms with van der Waals surface area (Å²) in [6.45, 7) is 0. The number of amides is 2. The molecule has 0 saturated carbocycles. The third-order valence-corrected chi connectivity index (χ3v) is 1.23. The summed E-state index contributed by atoms with van der Waals surface area (Å²) >= 11 is 0. The van der Waals surface area contributed by atoms with Gasteiger partial charge in [0.05, 0.1) is 5.70 Å². The normalized spacial score (nSPS) is 10.2. The van der Waals surface area contributed by atoms with E-state index in [4.69, 9.17) is 5.41 Å². The molecule has 6 heteroatoms. The highest BCUT2D eigenvalue weighted by molar-refractivity contribution is 6.44. The van der Waals surface area contributed by atoms with Gasteiger partial charge in [-0.15, -0.1) is 0 Å². The van der Waals surface area contributed by atoms with Crippen LogP contribution in [-0.2, 0) is 9.59 Å². The van der Waals surface area contributed by atoms with Crippen molar-refractivity contribution in [2.45, 2.75) is 0 Å². The van der Waals surface area contributed by atoms with Crippen LogP contribution in [0.25, 0.3) is 0 Å². The lowest BCUT2D eigenvalue weighted by Crippen LogP contribution is -2.33. The molecule has 0 saturated heterocycles. The largest absolute Gasteiger partial charge is 0.392 e. The van der Waals surface area contributed by atoms with Gasteiger partial charge in [0.2, 0.25) is 6.41 Å². The molecule has 72 valence electrons. The zero-order chi connectivity index (χ0) is 10.3. The lowest BCUT2D eigenvalue weighted by Gasteiger charge is -2.05. The van der Waals surface area contributed by atoms with Crippen molar-refractivity contribution in [3.63, 3.8) is 0 Å². The Bertz CT molecular complexity index is 247. The lowest BCUT2D eigenvalue weighted by molar-refractivity contribution is -0.114. The van der Waals surface area contributed by atoms with Gasteiger partial charge in [0.15, 0.2) is 0 Å². The van der Waals surface area contributed by atoms with E-state index in [0.29, 0.717) is 6.41 Å². The summed E-state index contributed by atoms with van der Waals surface area (Å²) in [7, 11) is 3.01. The molecule has 0 spiro atoms. The molecule has 0 aliphatic heterocycles. The van der Waals surface area contributed by atoms with Gasteiger partial charge in [0.25, 0.3) is 5.91 Å². The van der Waals surface area contributed by atoms with Gasteiger partial charge in [-0.25, -0.2) is 0 Å². The molecule has 0 rings (SSSR count). The maximum atomic E-state index is 10.9. The molecular formula is C7H12N4O2. The van der Waals surface area contributed by atoms with E-state index in [2.05, 4.69) is 16.0 Å². The molecule has 0 atom stereocenters. The van der Waals surface area contributed by atoms with Crippen molar-refractivity contribution in [3.05, 3.63) is 11.9 Å². The van der Waals surface area contributed by atoms with Crippen LogP contribution in [0.5, 0.6) is 0 Å². The fourth-order valence-corrected chi connectivity index (χ4v) is 0.641. The molecule has 0 aromatic carbocycles. The minimum Gasteiger partial charge on any atom is -0.392 e. The highest BCUT2D eigenvalue weighted by Gasteiger charge is 2.11. The molecule has 6 nitrogen and oxygen atoms in total. The van der Waals surface area contributed by atoms with Crippen molar-refractivity contribution >= 4 is 18.0 Å². The molecule has 4 N–H and O–H groups in total. The second-order valence-corrected chi connectivity index (χ2v) is 2.06. The van der Waals surface area contributed by atoms with Crippen LogP contribution in [0.15, 0.2) is 11.9 Å². The average Bonchev–Trinajstić information content (AvgIpc) is 2.15. The second-order valence-electron chi connectivity index (χ2n) is 2.06. The molecule has 2 amide bonds. The average molecular weight is 184 g/mol. The number of nitrogens with one attached hydrogen (secondary N) is 4. The van der Waals surface area contributed by atoms with E-state index >= 15 is 0 Å². The second kappa shape index (κ2) is 5.76. The number of rotatable bonds is 5. The minimum absolute atomic E-state index is 0.122.